The van der Waals surface area contributed by atoms with Crippen LogP contribution in [0.2, 0.25) is 0 Å². The highest BCUT2D eigenvalue weighted by atomic mass is 32.2. The Morgan fingerprint density at radius 3 is 3.00 bits per heavy atom. The zero-order valence-corrected chi connectivity index (χ0v) is 5.57. The maximum absolute atomic E-state index is 10.1. The third kappa shape index (κ3) is 1.13. The lowest BCUT2D eigenvalue weighted by Gasteiger charge is -1.94. The molecule has 8 heavy (non-hydrogen) atoms. The van der Waals surface area contributed by atoms with Crippen molar-refractivity contribution in [2.75, 3.05) is 0 Å². The van der Waals surface area contributed by atoms with Gasteiger partial charge >= 0.3 is 0 Å². The third-order valence-electron chi connectivity index (χ3n) is 1.10. The molecular weight excluding hydrogens is 120 g/mol. The van der Waals surface area contributed by atoms with Crippen LogP contribution in [0.3, 0.4) is 0 Å². The summed E-state index contributed by atoms with van der Waals surface area (Å²) in [5, 5.41) is 0.621. The summed E-state index contributed by atoms with van der Waals surface area (Å²) in [5.41, 5.74) is 0. The predicted molar refractivity (Wildman–Crippen MR) is 35.8 cm³/mol. The summed E-state index contributed by atoms with van der Waals surface area (Å²) >= 11 is 1.66. The average Bonchev–Trinajstić information content (AvgIpc) is 2.14. The number of hydrogen-bond donors (Lipinski definition) is 0. The molecule has 0 aromatic carbocycles. The normalized spacial score (nSPS) is 27.6. The molecule has 1 nitrogen and oxygen atoms in total. The molecule has 0 saturated carbocycles. The van der Waals surface area contributed by atoms with E-state index in [0.717, 1.165) is 17.6 Å². The van der Waals surface area contributed by atoms with Gasteiger partial charge in [0, 0.05) is 10.2 Å². The Hall–Kier alpha value is -0.240. The maximum atomic E-state index is 10.1. The number of carbonyl (C=O) groups excluding carboxylic acids is 1. The van der Waals surface area contributed by atoms with Crippen LogP contribution in [0.15, 0.2) is 11.0 Å². The van der Waals surface area contributed by atoms with Crippen LogP contribution in [0, 0.1) is 0 Å². The summed E-state index contributed by atoms with van der Waals surface area (Å²) < 4.78 is 0. The summed E-state index contributed by atoms with van der Waals surface area (Å²) in [4.78, 5) is 11.0. The minimum atomic E-state index is 0.621. The lowest BCUT2D eigenvalue weighted by Crippen LogP contribution is -1.84. The minimum Gasteiger partial charge on any atom is -0.297 e. The first-order chi connectivity index (χ1) is 3.83. The van der Waals surface area contributed by atoms with E-state index >= 15 is 0 Å². The molecule has 0 fully saturated rings. The summed E-state index contributed by atoms with van der Waals surface area (Å²) in [7, 11) is 0. The zero-order valence-electron chi connectivity index (χ0n) is 4.76. The minimum absolute atomic E-state index is 0.621. The van der Waals surface area contributed by atoms with Crippen LogP contribution in [0.4, 0.5) is 0 Å². The number of allylic oxidation sites excluding steroid dienone is 2. The van der Waals surface area contributed by atoms with Gasteiger partial charge in [-0.3, -0.25) is 4.79 Å². The van der Waals surface area contributed by atoms with E-state index in [2.05, 4.69) is 6.92 Å². The topological polar surface area (TPSA) is 17.1 Å². The van der Waals surface area contributed by atoms with E-state index in [4.69, 9.17) is 0 Å². The number of rotatable bonds is 1. The van der Waals surface area contributed by atoms with Gasteiger partial charge in [-0.25, -0.2) is 0 Å². The first-order valence-corrected chi connectivity index (χ1v) is 3.53. The second kappa shape index (κ2) is 2.35. The van der Waals surface area contributed by atoms with E-state index in [-0.39, 0.29) is 0 Å². The first-order valence-electron chi connectivity index (χ1n) is 2.65. The van der Waals surface area contributed by atoms with Gasteiger partial charge in [-0.15, -0.1) is 11.8 Å². The quantitative estimate of drug-likeness (QED) is 0.499. The smallest absolute Gasteiger partial charge is 0.156 e. The van der Waals surface area contributed by atoms with E-state index in [0.29, 0.717) is 5.25 Å². The molecule has 0 spiro atoms. The van der Waals surface area contributed by atoms with Crippen molar-refractivity contribution < 1.29 is 4.79 Å². The average molecular weight is 128 g/mol. The van der Waals surface area contributed by atoms with Crippen molar-refractivity contribution in [2.45, 2.75) is 18.6 Å². The second-order valence-electron chi connectivity index (χ2n) is 1.89. The second-order valence-corrected chi connectivity index (χ2v) is 3.40. The molecule has 0 aromatic rings. The van der Waals surface area contributed by atoms with Crippen molar-refractivity contribution in [1.82, 2.24) is 0 Å². The van der Waals surface area contributed by atoms with Crippen LogP contribution in [0.5, 0.6) is 0 Å². The predicted octanol–water partition coefficient (Wildman–Crippen LogP) is 1.59. The summed E-state index contributed by atoms with van der Waals surface area (Å²) in [5.74, 6) is 0. The largest absolute Gasteiger partial charge is 0.297 e. The molecule has 0 N–H and O–H groups in total. The van der Waals surface area contributed by atoms with Crippen molar-refractivity contribution in [3.05, 3.63) is 11.0 Å². The Kier molecular flexibility index (Phi) is 1.73. The van der Waals surface area contributed by atoms with Crippen molar-refractivity contribution in [3.63, 3.8) is 0 Å². The van der Waals surface area contributed by atoms with E-state index in [1.807, 2.05) is 6.08 Å². The van der Waals surface area contributed by atoms with Gasteiger partial charge in [-0.1, -0.05) is 13.0 Å². The molecule has 44 valence electrons. The number of thioether (sulfide) groups is 1. The third-order valence-corrected chi connectivity index (χ3v) is 2.23. The molecule has 0 aromatic heterocycles. The Morgan fingerprint density at radius 1 is 2.00 bits per heavy atom. The van der Waals surface area contributed by atoms with Crippen molar-refractivity contribution in [2.24, 2.45) is 0 Å². The Bertz CT molecular complexity index is 128. The molecule has 1 heterocycles. The number of hydrogen-bond acceptors (Lipinski definition) is 2. The molecule has 1 atom stereocenters. The Balaban J connectivity index is 2.49. The molecule has 2 heteroatoms. The first kappa shape index (κ1) is 5.89. The Labute approximate surface area is 53.2 Å². The molecule has 1 aliphatic rings. The fraction of sp³-hybridized carbons (Fsp3) is 0.500. The van der Waals surface area contributed by atoms with Crippen molar-refractivity contribution in [1.29, 1.82) is 0 Å². The van der Waals surface area contributed by atoms with Crippen LogP contribution in [0.1, 0.15) is 13.3 Å². The molecule has 0 amide bonds. The van der Waals surface area contributed by atoms with Gasteiger partial charge in [0.1, 0.15) is 0 Å². The van der Waals surface area contributed by atoms with Crippen molar-refractivity contribution in [3.8, 4) is 0 Å². The molecule has 0 radical (unpaired) electrons. The van der Waals surface area contributed by atoms with E-state index in [9.17, 15) is 4.79 Å². The number of carbonyl (C=O) groups is 1. The number of aldehydes is 1. The van der Waals surface area contributed by atoms with Gasteiger partial charge in [-0.2, -0.15) is 0 Å². The molecule has 0 saturated heterocycles. The van der Waals surface area contributed by atoms with Gasteiger partial charge in [0.05, 0.1) is 0 Å². The van der Waals surface area contributed by atoms with E-state index in [1.54, 1.807) is 11.8 Å². The standard InChI is InChI=1S/C6H8OS/c1-5-2-3-6(4-7)8-5/h3-5H,2H2,1H3. The van der Waals surface area contributed by atoms with E-state index < -0.39 is 0 Å². The highest BCUT2D eigenvalue weighted by molar-refractivity contribution is 8.04. The van der Waals surface area contributed by atoms with Crippen LogP contribution < -0.4 is 0 Å². The van der Waals surface area contributed by atoms with Crippen molar-refractivity contribution >= 4 is 18.0 Å². The molecule has 0 bridgehead atoms. The van der Waals surface area contributed by atoms with Crippen LogP contribution >= 0.6 is 11.8 Å². The molecule has 1 aliphatic heterocycles. The van der Waals surface area contributed by atoms with E-state index in [1.165, 1.54) is 0 Å². The van der Waals surface area contributed by atoms with Crippen LogP contribution in [0.25, 0.3) is 0 Å². The lowest BCUT2D eigenvalue weighted by atomic mass is 10.3. The van der Waals surface area contributed by atoms with Gasteiger partial charge in [0.2, 0.25) is 0 Å². The molecule has 0 aliphatic carbocycles. The van der Waals surface area contributed by atoms with Gasteiger partial charge in [0.25, 0.3) is 0 Å². The highest BCUT2D eigenvalue weighted by Crippen LogP contribution is 2.29. The highest BCUT2D eigenvalue weighted by Gasteiger charge is 2.10. The maximum Gasteiger partial charge on any atom is 0.156 e. The van der Waals surface area contributed by atoms with Crippen LogP contribution in [-0.4, -0.2) is 11.5 Å². The van der Waals surface area contributed by atoms with Gasteiger partial charge in [-0.05, 0) is 6.42 Å². The molecule has 1 rings (SSSR count). The van der Waals surface area contributed by atoms with Crippen LogP contribution in [-0.2, 0) is 4.79 Å². The Morgan fingerprint density at radius 2 is 2.75 bits per heavy atom. The summed E-state index contributed by atoms with van der Waals surface area (Å²) in [6, 6.07) is 0. The zero-order chi connectivity index (χ0) is 5.98. The molecule has 1 unspecified atom stereocenters. The lowest BCUT2D eigenvalue weighted by molar-refractivity contribution is -0.104. The fourth-order valence-corrected chi connectivity index (χ4v) is 1.59. The fourth-order valence-electron chi connectivity index (χ4n) is 0.687. The van der Waals surface area contributed by atoms with Gasteiger partial charge < -0.3 is 0 Å². The van der Waals surface area contributed by atoms with Gasteiger partial charge in [0.15, 0.2) is 6.29 Å². The SMILES string of the molecule is CC1CC=C(C=O)S1. The summed E-state index contributed by atoms with van der Waals surface area (Å²) in [6.07, 6.45) is 3.97. The summed E-state index contributed by atoms with van der Waals surface area (Å²) in [6.45, 7) is 2.12. The molecular formula is C6H8OS. The monoisotopic (exact) mass is 128 g/mol.